The molecule has 0 aliphatic carbocycles. The molecule has 78 valence electrons. The van der Waals surface area contributed by atoms with Gasteiger partial charge in [-0.05, 0) is 18.9 Å². The molecule has 0 fully saturated rings. The molecule has 0 spiro atoms. The number of aliphatic hydroxyl groups excluding tert-OH is 1. The first-order valence-corrected chi connectivity index (χ1v) is 5.39. The quantitative estimate of drug-likeness (QED) is 0.776. The largest absolute Gasteiger partial charge is 0.393 e. The van der Waals surface area contributed by atoms with E-state index in [0.717, 1.165) is 12.8 Å². The molecule has 2 atom stereocenters. The van der Waals surface area contributed by atoms with Gasteiger partial charge in [0.25, 0.3) is 0 Å². The van der Waals surface area contributed by atoms with E-state index in [1.165, 1.54) is 11.1 Å². The number of rotatable bonds is 4. The van der Waals surface area contributed by atoms with Gasteiger partial charge in [-0.3, -0.25) is 0 Å². The highest BCUT2D eigenvalue weighted by molar-refractivity contribution is 5.24. The summed E-state index contributed by atoms with van der Waals surface area (Å²) in [6.07, 6.45) is 1.72. The lowest BCUT2D eigenvalue weighted by molar-refractivity contribution is 0.139. The molecule has 1 aromatic carbocycles. The van der Waals surface area contributed by atoms with Crippen LogP contribution in [0.5, 0.6) is 0 Å². The molecule has 0 heterocycles. The maximum Gasteiger partial charge on any atom is 0.0606 e. The summed E-state index contributed by atoms with van der Waals surface area (Å²) in [6.45, 7) is 6.27. The Bertz CT molecular complexity index is 263. The highest BCUT2D eigenvalue weighted by Crippen LogP contribution is 2.22. The lowest BCUT2D eigenvalue weighted by Gasteiger charge is -2.18. The smallest absolute Gasteiger partial charge is 0.0606 e. The minimum absolute atomic E-state index is 0.206. The van der Waals surface area contributed by atoms with Crippen molar-refractivity contribution in [3.05, 3.63) is 35.4 Å². The lowest BCUT2D eigenvalue weighted by Crippen LogP contribution is -2.15. The zero-order valence-corrected chi connectivity index (χ0v) is 9.33. The predicted octanol–water partition coefficient (Wildman–Crippen LogP) is 3.26. The van der Waals surface area contributed by atoms with E-state index < -0.39 is 0 Å². The Morgan fingerprint density at radius 1 is 1.21 bits per heavy atom. The Kier molecular flexibility index (Phi) is 4.15. The monoisotopic (exact) mass is 192 g/mol. The van der Waals surface area contributed by atoms with Gasteiger partial charge in [-0.15, -0.1) is 0 Å². The van der Waals surface area contributed by atoms with Gasteiger partial charge in [0, 0.05) is 5.92 Å². The van der Waals surface area contributed by atoms with Gasteiger partial charge in [0.15, 0.2) is 0 Å². The fraction of sp³-hybridized carbons (Fsp3) is 0.538. The van der Waals surface area contributed by atoms with Gasteiger partial charge in [0.05, 0.1) is 6.10 Å². The molecule has 1 aromatic rings. The zero-order valence-electron chi connectivity index (χ0n) is 9.33. The molecule has 0 bridgehead atoms. The van der Waals surface area contributed by atoms with Crippen molar-refractivity contribution < 1.29 is 5.11 Å². The van der Waals surface area contributed by atoms with Gasteiger partial charge in [-0.1, -0.05) is 50.1 Å². The van der Waals surface area contributed by atoms with Crippen molar-refractivity contribution >= 4 is 0 Å². The van der Waals surface area contributed by atoms with Gasteiger partial charge >= 0.3 is 0 Å². The number of hydrogen-bond acceptors (Lipinski definition) is 1. The first-order valence-electron chi connectivity index (χ1n) is 5.39. The molecule has 1 nitrogen and oxygen atoms in total. The third kappa shape index (κ3) is 2.85. The third-order valence-corrected chi connectivity index (χ3v) is 2.76. The van der Waals surface area contributed by atoms with Crippen molar-refractivity contribution in [2.24, 2.45) is 0 Å². The summed E-state index contributed by atoms with van der Waals surface area (Å²) < 4.78 is 0. The SMILES string of the molecule is CCCC(O)C(C)c1ccc(C)cc1. The lowest BCUT2D eigenvalue weighted by atomic mass is 9.92. The molecule has 0 aromatic heterocycles. The second-order valence-corrected chi connectivity index (χ2v) is 4.06. The topological polar surface area (TPSA) is 20.2 Å². The maximum atomic E-state index is 9.84. The number of benzene rings is 1. The summed E-state index contributed by atoms with van der Waals surface area (Å²) >= 11 is 0. The molecule has 1 rings (SSSR count). The van der Waals surface area contributed by atoms with Crippen LogP contribution in [0.25, 0.3) is 0 Å². The fourth-order valence-electron chi connectivity index (χ4n) is 1.64. The summed E-state index contributed by atoms with van der Waals surface area (Å²) in [4.78, 5) is 0. The molecular formula is C13H20O. The van der Waals surface area contributed by atoms with Crippen molar-refractivity contribution in [2.45, 2.75) is 45.6 Å². The van der Waals surface area contributed by atoms with E-state index in [4.69, 9.17) is 0 Å². The van der Waals surface area contributed by atoms with Gasteiger partial charge in [0.1, 0.15) is 0 Å². The molecule has 0 radical (unpaired) electrons. The van der Waals surface area contributed by atoms with Gasteiger partial charge in [0.2, 0.25) is 0 Å². The van der Waals surface area contributed by atoms with Crippen LogP contribution < -0.4 is 0 Å². The van der Waals surface area contributed by atoms with Crippen LogP contribution in [0.2, 0.25) is 0 Å². The van der Waals surface area contributed by atoms with E-state index in [-0.39, 0.29) is 12.0 Å². The molecule has 2 unspecified atom stereocenters. The van der Waals surface area contributed by atoms with Crippen molar-refractivity contribution in [1.82, 2.24) is 0 Å². The van der Waals surface area contributed by atoms with E-state index in [0.29, 0.717) is 0 Å². The molecule has 0 aliphatic heterocycles. The molecule has 14 heavy (non-hydrogen) atoms. The molecule has 0 saturated carbocycles. The first kappa shape index (κ1) is 11.3. The van der Waals surface area contributed by atoms with Crippen LogP contribution in [-0.2, 0) is 0 Å². The molecule has 0 saturated heterocycles. The fourth-order valence-corrected chi connectivity index (χ4v) is 1.64. The van der Waals surface area contributed by atoms with Crippen molar-refractivity contribution in [1.29, 1.82) is 0 Å². The second-order valence-electron chi connectivity index (χ2n) is 4.06. The summed E-state index contributed by atoms with van der Waals surface area (Å²) in [7, 11) is 0. The summed E-state index contributed by atoms with van der Waals surface area (Å²) in [5.41, 5.74) is 2.50. The number of hydrogen-bond donors (Lipinski definition) is 1. The third-order valence-electron chi connectivity index (χ3n) is 2.76. The maximum absolute atomic E-state index is 9.84. The summed E-state index contributed by atoms with van der Waals surface area (Å²) in [6, 6.07) is 8.42. The van der Waals surface area contributed by atoms with Crippen LogP contribution in [0.15, 0.2) is 24.3 Å². The average molecular weight is 192 g/mol. The molecule has 1 N–H and O–H groups in total. The summed E-state index contributed by atoms with van der Waals surface area (Å²) in [5.74, 6) is 0.246. The predicted molar refractivity (Wildman–Crippen MR) is 60.5 cm³/mol. The minimum atomic E-state index is -0.206. The van der Waals surface area contributed by atoms with Crippen molar-refractivity contribution in [3.63, 3.8) is 0 Å². The van der Waals surface area contributed by atoms with Crippen LogP contribution in [0.1, 0.15) is 43.7 Å². The van der Waals surface area contributed by atoms with Crippen LogP contribution in [0.3, 0.4) is 0 Å². The Balaban J connectivity index is 2.68. The highest BCUT2D eigenvalue weighted by atomic mass is 16.3. The van der Waals surface area contributed by atoms with Crippen molar-refractivity contribution in [2.75, 3.05) is 0 Å². The van der Waals surface area contributed by atoms with Crippen LogP contribution in [-0.4, -0.2) is 11.2 Å². The second kappa shape index (κ2) is 5.16. The Hall–Kier alpha value is -0.820. The van der Waals surface area contributed by atoms with E-state index in [2.05, 4.69) is 45.0 Å². The molecule has 0 aliphatic rings. The highest BCUT2D eigenvalue weighted by Gasteiger charge is 2.14. The minimum Gasteiger partial charge on any atom is -0.393 e. The molecular weight excluding hydrogens is 172 g/mol. The zero-order chi connectivity index (χ0) is 10.6. The van der Waals surface area contributed by atoms with Crippen LogP contribution in [0, 0.1) is 6.92 Å². The normalized spacial score (nSPS) is 15.1. The number of aliphatic hydroxyl groups is 1. The van der Waals surface area contributed by atoms with E-state index in [9.17, 15) is 5.11 Å². The average Bonchev–Trinajstić information content (AvgIpc) is 2.18. The van der Waals surface area contributed by atoms with Gasteiger partial charge < -0.3 is 5.11 Å². The Morgan fingerprint density at radius 3 is 2.29 bits per heavy atom. The van der Waals surface area contributed by atoms with Gasteiger partial charge in [-0.2, -0.15) is 0 Å². The Labute approximate surface area is 86.8 Å². The van der Waals surface area contributed by atoms with E-state index >= 15 is 0 Å². The Morgan fingerprint density at radius 2 is 1.79 bits per heavy atom. The van der Waals surface area contributed by atoms with E-state index in [1.54, 1.807) is 0 Å². The van der Waals surface area contributed by atoms with Crippen molar-refractivity contribution in [3.8, 4) is 0 Å². The number of aryl methyl sites for hydroxylation is 1. The van der Waals surface area contributed by atoms with E-state index in [1.807, 2.05) is 0 Å². The first-order chi connectivity index (χ1) is 6.65. The standard InChI is InChI=1S/C13H20O/c1-4-5-13(14)11(3)12-8-6-10(2)7-9-12/h6-9,11,13-14H,4-5H2,1-3H3. The van der Waals surface area contributed by atoms with Gasteiger partial charge in [-0.25, -0.2) is 0 Å². The summed E-state index contributed by atoms with van der Waals surface area (Å²) in [5, 5.41) is 9.84. The molecule has 1 heteroatoms. The van der Waals surface area contributed by atoms with Crippen LogP contribution >= 0.6 is 0 Å². The molecule has 0 amide bonds. The van der Waals surface area contributed by atoms with Crippen LogP contribution in [0.4, 0.5) is 0 Å².